The molecule has 0 atom stereocenters. The van der Waals surface area contributed by atoms with E-state index in [-0.39, 0.29) is 24.4 Å². The van der Waals surface area contributed by atoms with Gasteiger partial charge in [-0.1, -0.05) is 25.0 Å². The van der Waals surface area contributed by atoms with E-state index >= 15 is 0 Å². The zero-order valence-corrected chi connectivity index (χ0v) is 14.9. The third-order valence-electron chi connectivity index (χ3n) is 4.93. The SMILES string of the molecule is CC(=O)N(CC(=O)NC1CCCC1)c1ccccc1N1CCOCC1. The van der Waals surface area contributed by atoms with Crippen molar-refractivity contribution in [2.45, 2.75) is 38.6 Å². The average Bonchev–Trinajstić information content (AvgIpc) is 3.13. The van der Waals surface area contributed by atoms with Crippen LogP contribution in [0.25, 0.3) is 0 Å². The lowest BCUT2D eigenvalue weighted by Gasteiger charge is -2.33. The van der Waals surface area contributed by atoms with E-state index < -0.39 is 0 Å². The van der Waals surface area contributed by atoms with Crippen molar-refractivity contribution in [2.24, 2.45) is 0 Å². The van der Waals surface area contributed by atoms with Crippen LogP contribution in [0.5, 0.6) is 0 Å². The van der Waals surface area contributed by atoms with Gasteiger partial charge in [-0.15, -0.1) is 0 Å². The molecule has 1 aliphatic carbocycles. The number of anilines is 2. The summed E-state index contributed by atoms with van der Waals surface area (Å²) in [5, 5.41) is 3.07. The van der Waals surface area contributed by atoms with Crippen LogP contribution in [-0.4, -0.2) is 50.7 Å². The molecular formula is C19H27N3O3. The molecule has 1 saturated heterocycles. The van der Waals surface area contributed by atoms with Crippen molar-refractivity contribution in [3.05, 3.63) is 24.3 Å². The van der Waals surface area contributed by atoms with Gasteiger partial charge in [0.2, 0.25) is 11.8 Å². The second-order valence-corrected chi connectivity index (χ2v) is 6.74. The lowest BCUT2D eigenvalue weighted by Crippen LogP contribution is -2.44. The summed E-state index contributed by atoms with van der Waals surface area (Å²) in [6.07, 6.45) is 4.41. The van der Waals surface area contributed by atoms with E-state index in [4.69, 9.17) is 4.74 Å². The molecule has 0 aromatic heterocycles. The van der Waals surface area contributed by atoms with Crippen molar-refractivity contribution < 1.29 is 14.3 Å². The molecule has 0 spiro atoms. The van der Waals surface area contributed by atoms with E-state index in [9.17, 15) is 9.59 Å². The van der Waals surface area contributed by atoms with Crippen molar-refractivity contribution in [3.63, 3.8) is 0 Å². The zero-order chi connectivity index (χ0) is 17.6. The highest BCUT2D eigenvalue weighted by Crippen LogP contribution is 2.30. The molecule has 2 aliphatic rings. The van der Waals surface area contributed by atoms with Crippen molar-refractivity contribution in [2.75, 3.05) is 42.6 Å². The molecule has 1 N–H and O–H groups in total. The van der Waals surface area contributed by atoms with Gasteiger partial charge in [-0.2, -0.15) is 0 Å². The molecule has 0 unspecified atom stereocenters. The Morgan fingerprint density at radius 1 is 1.20 bits per heavy atom. The van der Waals surface area contributed by atoms with Gasteiger partial charge in [0.15, 0.2) is 0 Å². The first-order valence-electron chi connectivity index (χ1n) is 9.14. The minimum Gasteiger partial charge on any atom is -0.378 e. The predicted octanol–water partition coefficient (Wildman–Crippen LogP) is 1.93. The van der Waals surface area contributed by atoms with Crippen LogP contribution < -0.4 is 15.1 Å². The van der Waals surface area contributed by atoms with E-state index in [1.165, 1.54) is 19.8 Å². The fourth-order valence-electron chi connectivity index (χ4n) is 3.62. The number of hydrogen-bond donors (Lipinski definition) is 1. The van der Waals surface area contributed by atoms with Gasteiger partial charge in [0, 0.05) is 26.1 Å². The molecule has 25 heavy (non-hydrogen) atoms. The molecule has 2 amide bonds. The Hall–Kier alpha value is -2.08. The fourth-order valence-corrected chi connectivity index (χ4v) is 3.62. The summed E-state index contributed by atoms with van der Waals surface area (Å²) in [5.41, 5.74) is 1.77. The van der Waals surface area contributed by atoms with E-state index in [0.717, 1.165) is 37.3 Å². The molecule has 0 radical (unpaired) electrons. The Kier molecular flexibility index (Phi) is 5.91. The quantitative estimate of drug-likeness (QED) is 0.886. The Bertz CT molecular complexity index is 608. The zero-order valence-electron chi connectivity index (χ0n) is 14.9. The average molecular weight is 345 g/mol. The van der Waals surface area contributed by atoms with Crippen molar-refractivity contribution in [1.82, 2.24) is 5.32 Å². The first-order valence-corrected chi connectivity index (χ1v) is 9.14. The topological polar surface area (TPSA) is 61.9 Å². The number of hydrogen-bond acceptors (Lipinski definition) is 4. The Morgan fingerprint density at radius 3 is 2.56 bits per heavy atom. The summed E-state index contributed by atoms with van der Waals surface area (Å²) in [6, 6.07) is 8.05. The maximum absolute atomic E-state index is 12.4. The van der Waals surface area contributed by atoms with Crippen LogP contribution in [0.4, 0.5) is 11.4 Å². The van der Waals surface area contributed by atoms with Crippen LogP contribution in [0.2, 0.25) is 0 Å². The molecule has 1 aromatic rings. The summed E-state index contributed by atoms with van der Waals surface area (Å²) in [4.78, 5) is 28.5. The van der Waals surface area contributed by atoms with Gasteiger partial charge in [-0.25, -0.2) is 0 Å². The molecule has 6 nitrogen and oxygen atoms in total. The van der Waals surface area contributed by atoms with Gasteiger partial charge >= 0.3 is 0 Å². The molecule has 6 heteroatoms. The predicted molar refractivity (Wildman–Crippen MR) is 97.9 cm³/mol. The van der Waals surface area contributed by atoms with Gasteiger partial charge in [0.25, 0.3) is 0 Å². The normalized spacial score (nSPS) is 18.2. The van der Waals surface area contributed by atoms with E-state index in [1.807, 2.05) is 24.3 Å². The van der Waals surface area contributed by atoms with Crippen LogP contribution in [0.15, 0.2) is 24.3 Å². The maximum Gasteiger partial charge on any atom is 0.240 e. The minimum absolute atomic E-state index is 0.0627. The highest BCUT2D eigenvalue weighted by molar-refractivity contribution is 6.00. The Morgan fingerprint density at radius 2 is 1.88 bits per heavy atom. The van der Waals surface area contributed by atoms with E-state index in [0.29, 0.717) is 13.2 Å². The number of carbonyl (C=O) groups excluding carboxylic acids is 2. The fraction of sp³-hybridized carbons (Fsp3) is 0.579. The van der Waals surface area contributed by atoms with Gasteiger partial charge < -0.3 is 19.9 Å². The Balaban J connectivity index is 1.75. The molecule has 1 heterocycles. The lowest BCUT2D eigenvalue weighted by molar-refractivity contribution is -0.123. The molecule has 1 aliphatic heterocycles. The first-order chi connectivity index (χ1) is 12.1. The number of para-hydroxylation sites is 2. The summed E-state index contributed by atoms with van der Waals surface area (Å²) < 4.78 is 5.42. The van der Waals surface area contributed by atoms with Gasteiger partial charge in [0.1, 0.15) is 6.54 Å². The smallest absolute Gasteiger partial charge is 0.240 e. The minimum atomic E-state index is -0.123. The molecule has 2 fully saturated rings. The molecule has 3 rings (SSSR count). The highest BCUT2D eigenvalue weighted by atomic mass is 16.5. The van der Waals surface area contributed by atoms with Crippen LogP contribution in [0.1, 0.15) is 32.6 Å². The molecule has 1 saturated carbocycles. The number of amides is 2. The van der Waals surface area contributed by atoms with Gasteiger partial charge in [-0.3, -0.25) is 9.59 Å². The largest absolute Gasteiger partial charge is 0.378 e. The third kappa shape index (κ3) is 4.51. The Labute approximate surface area is 149 Å². The number of rotatable bonds is 5. The van der Waals surface area contributed by atoms with Crippen molar-refractivity contribution >= 4 is 23.2 Å². The summed E-state index contributed by atoms with van der Waals surface area (Å²) in [6.45, 7) is 4.51. The monoisotopic (exact) mass is 345 g/mol. The number of carbonyl (C=O) groups is 2. The molecular weight excluding hydrogens is 318 g/mol. The second kappa shape index (κ2) is 8.34. The van der Waals surface area contributed by atoms with Crippen LogP contribution >= 0.6 is 0 Å². The highest BCUT2D eigenvalue weighted by Gasteiger charge is 2.24. The number of benzene rings is 1. The number of nitrogens with one attached hydrogen (secondary N) is 1. The lowest BCUT2D eigenvalue weighted by atomic mass is 10.2. The van der Waals surface area contributed by atoms with Crippen LogP contribution in [0.3, 0.4) is 0 Å². The van der Waals surface area contributed by atoms with E-state index in [2.05, 4.69) is 10.2 Å². The van der Waals surface area contributed by atoms with Crippen molar-refractivity contribution in [1.29, 1.82) is 0 Å². The maximum atomic E-state index is 12.4. The van der Waals surface area contributed by atoms with Crippen molar-refractivity contribution in [3.8, 4) is 0 Å². The number of nitrogens with zero attached hydrogens (tertiary/aromatic N) is 2. The summed E-state index contributed by atoms with van der Waals surface area (Å²) in [5.74, 6) is -0.207. The first kappa shape index (κ1) is 17.7. The molecule has 0 bridgehead atoms. The number of morpholine rings is 1. The molecule has 136 valence electrons. The number of ether oxygens (including phenoxy) is 1. The molecule has 1 aromatic carbocycles. The standard InChI is InChI=1S/C19H27N3O3/c1-15(23)22(14-19(24)20-16-6-2-3-7-16)18-9-5-4-8-17(18)21-10-12-25-13-11-21/h4-5,8-9,16H,2-3,6-7,10-14H2,1H3,(H,20,24). The third-order valence-corrected chi connectivity index (χ3v) is 4.93. The van der Waals surface area contributed by atoms with Gasteiger partial charge in [0.05, 0.1) is 24.6 Å². The van der Waals surface area contributed by atoms with E-state index in [1.54, 1.807) is 4.90 Å². The van der Waals surface area contributed by atoms with Gasteiger partial charge in [-0.05, 0) is 25.0 Å². The summed E-state index contributed by atoms with van der Waals surface area (Å²) >= 11 is 0. The second-order valence-electron chi connectivity index (χ2n) is 6.74. The van der Waals surface area contributed by atoms with Crippen LogP contribution in [0, 0.1) is 0 Å². The summed E-state index contributed by atoms with van der Waals surface area (Å²) in [7, 11) is 0. The van der Waals surface area contributed by atoms with Crippen LogP contribution in [-0.2, 0) is 14.3 Å².